The standard InChI is InChI=1S/C25H26F3N3O4/c1-2-34-24(33)22(17-6-10-19(11-7-17)35-25(26,27)28)31-14-12-16(13-15-31)20-4-3-5-21(30-20)23(32)29-18-8-9-18/h3-7,10-12,18,22H,2,8-9,13-15H2,1H3,(H,29,32). The van der Waals surface area contributed by atoms with Gasteiger partial charge in [-0.2, -0.15) is 0 Å². The van der Waals surface area contributed by atoms with Gasteiger partial charge in [0.25, 0.3) is 5.91 Å². The van der Waals surface area contributed by atoms with Gasteiger partial charge in [-0.05, 0) is 61.6 Å². The number of amides is 1. The van der Waals surface area contributed by atoms with Gasteiger partial charge >= 0.3 is 12.3 Å². The van der Waals surface area contributed by atoms with Gasteiger partial charge in [-0.1, -0.05) is 24.3 Å². The topological polar surface area (TPSA) is 80.8 Å². The summed E-state index contributed by atoms with van der Waals surface area (Å²) in [6.07, 6.45) is -0.286. The molecule has 1 aliphatic heterocycles. The zero-order valence-corrected chi connectivity index (χ0v) is 19.2. The van der Waals surface area contributed by atoms with Crippen molar-refractivity contribution in [2.24, 2.45) is 0 Å². The molecule has 1 N–H and O–H groups in total. The number of halogens is 3. The molecule has 186 valence electrons. The zero-order chi connectivity index (χ0) is 25.0. The summed E-state index contributed by atoms with van der Waals surface area (Å²) in [4.78, 5) is 31.5. The van der Waals surface area contributed by atoms with Gasteiger partial charge in [0.1, 0.15) is 17.5 Å². The second-order valence-electron chi connectivity index (χ2n) is 8.40. The quantitative estimate of drug-likeness (QED) is 0.558. The van der Waals surface area contributed by atoms with Gasteiger partial charge < -0.3 is 14.8 Å². The molecule has 0 radical (unpaired) electrons. The van der Waals surface area contributed by atoms with Crippen molar-refractivity contribution in [2.75, 3.05) is 19.7 Å². The van der Waals surface area contributed by atoms with E-state index in [0.29, 0.717) is 36.5 Å². The molecule has 1 saturated carbocycles. The summed E-state index contributed by atoms with van der Waals surface area (Å²) in [5.41, 5.74) is 2.53. The maximum atomic E-state index is 12.8. The Hall–Kier alpha value is -3.40. The normalized spacial score (nSPS) is 17.3. The number of carbonyl (C=O) groups excluding carboxylic acids is 2. The van der Waals surface area contributed by atoms with Gasteiger partial charge in [0, 0.05) is 19.1 Å². The number of hydrogen-bond donors (Lipinski definition) is 1. The third-order valence-corrected chi connectivity index (χ3v) is 5.77. The molecule has 1 aromatic heterocycles. The van der Waals surface area contributed by atoms with Gasteiger partial charge in [-0.25, -0.2) is 9.78 Å². The first-order valence-corrected chi connectivity index (χ1v) is 11.5. The summed E-state index contributed by atoms with van der Waals surface area (Å²) in [6, 6.07) is 10.0. The Balaban J connectivity index is 1.49. The summed E-state index contributed by atoms with van der Waals surface area (Å²) < 4.78 is 46.6. The minimum atomic E-state index is -4.79. The van der Waals surface area contributed by atoms with Crippen LogP contribution in [0, 0.1) is 0 Å². The molecule has 35 heavy (non-hydrogen) atoms. The van der Waals surface area contributed by atoms with Crippen LogP contribution in [0.2, 0.25) is 0 Å². The number of alkyl halides is 3. The highest BCUT2D eigenvalue weighted by atomic mass is 19.4. The summed E-state index contributed by atoms with van der Waals surface area (Å²) in [6.45, 7) is 2.77. The molecule has 4 rings (SSSR count). The van der Waals surface area contributed by atoms with E-state index in [1.165, 1.54) is 24.3 Å². The first-order chi connectivity index (χ1) is 16.7. The molecule has 10 heteroatoms. The van der Waals surface area contributed by atoms with Crippen molar-refractivity contribution < 1.29 is 32.2 Å². The molecule has 0 bridgehead atoms. The van der Waals surface area contributed by atoms with Crippen LogP contribution in [0.4, 0.5) is 13.2 Å². The number of esters is 1. The molecule has 1 fully saturated rings. The van der Waals surface area contributed by atoms with Crippen LogP contribution in [-0.4, -0.2) is 53.9 Å². The Morgan fingerprint density at radius 2 is 1.91 bits per heavy atom. The lowest BCUT2D eigenvalue weighted by molar-refractivity contribution is -0.274. The van der Waals surface area contributed by atoms with E-state index >= 15 is 0 Å². The predicted octanol–water partition coefficient (Wildman–Crippen LogP) is 4.27. The molecule has 7 nitrogen and oxygen atoms in total. The molecular formula is C25H26F3N3O4. The van der Waals surface area contributed by atoms with E-state index in [4.69, 9.17) is 4.74 Å². The molecule has 1 amide bonds. The molecule has 1 aliphatic carbocycles. The molecule has 0 saturated heterocycles. The van der Waals surface area contributed by atoms with Crippen molar-refractivity contribution in [3.8, 4) is 5.75 Å². The number of aromatic nitrogens is 1. The maximum absolute atomic E-state index is 12.8. The fraction of sp³-hybridized carbons (Fsp3) is 0.400. The smallest absolute Gasteiger partial charge is 0.465 e. The third kappa shape index (κ3) is 6.60. The molecule has 2 heterocycles. The number of nitrogens with one attached hydrogen (secondary N) is 1. The highest BCUT2D eigenvalue weighted by Crippen LogP contribution is 2.31. The lowest BCUT2D eigenvalue weighted by Gasteiger charge is -2.32. The van der Waals surface area contributed by atoms with E-state index in [1.807, 2.05) is 17.0 Å². The van der Waals surface area contributed by atoms with Crippen LogP contribution in [0.25, 0.3) is 5.57 Å². The minimum absolute atomic E-state index is 0.180. The molecule has 0 spiro atoms. The van der Waals surface area contributed by atoms with Crippen LogP contribution >= 0.6 is 0 Å². The Morgan fingerprint density at radius 3 is 2.51 bits per heavy atom. The average molecular weight is 489 g/mol. The van der Waals surface area contributed by atoms with Gasteiger partial charge in [0.2, 0.25) is 0 Å². The number of ether oxygens (including phenoxy) is 2. The number of rotatable bonds is 8. The van der Waals surface area contributed by atoms with E-state index in [0.717, 1.165) is 18.4 Å². The highest BCUT2D eigenvalue weighted by Gasteiger charge is 2.33. The van der Waals surface area contributed by atoms with E-state index in [-0.39, 0.29) is 24.3 Å². The SMILES string of the molecule is CCOC(=O)C(c1ccc(OC(F)(F)F)cc1)N1CC=C(c2cccc(C(=O)NC3CC3)n2)CC1. The van der Waals surface area contributed by atoms with E-state index in [9.17, 15) is 22.8 Å². The van der Waals surface area contributed by atoms with Crippen LogP contribution < -0.4 is 10.1 Å². The van der Waals surface area contributed by atoms with Crippen LogP contribution in [-0.2, 0) is 9.53 Å². The fourth-order valence-electron chi connectivity index (χ4n) is 3.95. The predicted molar refractivity (Wildman–Crippen MR) is 121 cm³/mol. The number of nitrogens with zero attached hydrogens (tertiary/aromatic N) is 2. The van der Waals surface area contributed by atoms with Crippen molar-refractivity contribution in [1.29, 1.82) is 0 Å². The molecule has 1 aromatic carbocycles. The van der Waals surface area contributed by atoms with Crippen molar-refractivity contribution in [3.63, 3.8) is 0 Å². The van der Waals surface area contributed by atoms with Crippen molar-refractivity contribution in [3.05, 3.63) is 65.5 Å². The van der Waals surface area contributed by atoms with Gasteiger partial charge in [-0.15, -0.1) is 13.2 Å². The monoisotopic (exact) mass is 489 g/mol. The summed E-state index contributed by atoms with van der Waals surface area (Å²) in [7, 11) is 0. The Morgan fingerprint density at radius 1 is 1.17 bits per heavy atom. The van der Waals surface area contributed by atoms with Gasteiger partial charge in [-0.3, -0.25) is 9.69 Å². The molecule has 1 unspecified atom stereocenters. The zero-order valence-electron chi connectivity index (χ0n) is 19.2. The van der Waals surface area contributed by atoms with Crippen molar-refractivity contribution in [1.82, 2.24) is 15.2 Å². The number of pyridine rings is 1. The van der Waals surface area contributed by atoms with Crippen LogP contribution in [0.15, 0.2) is 48.5 Å². The highest BCUT2D eigenvalue weighted by molar-refractivity contribution is 5.93. The lowest BCUT2D eigenvalue weighted by Crippen LogP contribution is -2.38. The Labute approximate surface area is 200 Å². The van der Waals surface area contributed by atoms with E-state index < -0.39 is 18.4 Å². The minimum Gasteiger partial charge on any atom is -0.465 e. The number of carbonyl (C=O) groups is 2. The number of benzene rings is 1. The molecule has 2 aliphatic rings. The van der Waals surface area contributed by atoms with E-state index in [2.05, 4.69) is 15.0 Å². The molecular weight excluding hydrogens is 463 g/mol. The summed E-state index contributed by atoms with van der Waals surface area (Å²) in [5.74, 6) is -1.03. The Bertz CT molecular complexity index is 1100. The maximum Gasteiger partial charge on any atom is 0.573 e. The first-order valence-electron chi connectivity index (χ1n) is 11.5. The molecule has 1 atom stereocenters. The Kier molecular flexibility index (Phi) is 7.39. The summed E-state index contributed by atoms with van der Waals surface area (Å²) >= 11 is 0. The molecule has 2 aromatic rings. The van der Waals surface area contributed by atoms with Gasteiger partial charge in [0.15, 0.2) is 0 Å². The van der Waals surface area contributed by atoms with E-state index in [1.54, 1.807) is 19.1 Å². The van der Waals surface area contributed by atoms with Crippen LogP contribution in [0.1, 0.15) is 54.0 Å². The van der Waals surface area contributed by atoms with Gasteiger partial charge in [0.05, 0.1) is 12.3 Å². The second kappa shape index (κ2) is 10.5. The number of hydrogen-bond acceptors (Lipinski definition) is 6. The summed E-state index contributed by atoms with van der Waals surface area (Å²) in [5, 5.41) is 2.93. The van der Waals surface area contributed by atoms with Crippen LogP contribution in [0.5, 0.6) is 5.75 Å². The third-order valence-electron chi connectivity index (χ3n) is 5.77. The largest absolute Gasteiger partial charge is 0.573 e. The fourth-order valence-corrected chi connectivity index (χ4v) is 3.95. The second-order valence-corrected chi connectivity index (χ2v) is 8.40. The van der Waals surface area contributed by atoms with Crippen LogP contribution in [0.3, 0.4) is 0 Å². The first kappa shape index (κ1) is 24.7. The van der Waals surface area contributed by atoms with Crippen molar-refractivity contribution >= 4 is 17.4 Å². The average Bonchev–Trinajstić information content (AvgIpc) is 3.64. The van der Waals surface area contributed by atoms with Crippen molar-refractivity contribution in [2.45, 2.75) is 44.6 Å². The lowest BCUT2D eigenvalue weighted by atomic mass is 9.99.